The van der Waals surface area contributed by atoms with Crippen molar-refractivity contribution >= 4 is 0 Å². The summed E-state index contributed by atoms with van der Waals surface area (Å²) in [6, 6.07) is 0. The maximum absolute atomic E-state index is 10.5. The first kappa shape index (κ1) is 12.4. The SMILES string of the molecule is CCC1CCC(C(O)C2CCC(C)C2)CC1. The Morgan fingerprint density at radius 3 is 2.12 bits per heavy atom. The van der Waals surface area contributed by atoms with Crippen LogP contribution in [0.15, 0.2) is 0 Å². The van der Waals surface area contributed by atoms with Crippen molar-refractivity contribution < 1.29 is 5.11 Å². The number of aliphatic hydroxyl groups excluding tert-OH is 1. The zero-order valence-electron chi connectivity index (χ0n) is 11.0. The quantitative estimate of drug-likeness (QED) is 0.768. The molecule has 2 aliphatic rings. The van der Waals surface area contributed by atoms with Crippen LogP contribution < -0.4 is 0 Å². The molecule has 0 radical (unpaired) electrons. The predicted molar refractivity (Wildman–Crippen MR) is 68.3 cm³/mol. The fourth-order valence-electron chi connectivity index (χ4n) is 3.88. The third-order valence-electron chi connectivity index (χ3n) is 5.17. The van der Waals surface area contributed by atoms with Gasteiger partial charge in [-0.25, -0.2) is 0 Å². The highest BCUT2D eigenvalue weighted by atomic mass is 16.3. The molecule has 0 aromatic carbocycles. The van der Waals surface area contributed by atoms with Crippen molar-refractivity contribution in [1.82, 2.24) is 0 Å². The van der Waals surface area contributed by atoms with Crippen LogP contribution >= 0.6 is 0 Å². The minimum Gasteiger partial charge on any atom is -0.393 e. The minimum absolute atomic E-state index is 0.0164. The van der Waals surface area contributed by atoms with E-state index >= 15 is 0 Å². The molecular formula is C15H28O. The van der Waals surface area contributed by atoms with Gasteiger partial charge in [-0.3, -0.25) is 0 Å². The first-order valence-corrected chi connectivity index (χ1v) is 7.38. The third kappa shape index (κ3) is 2.80. The van der Waals surface area contributed by atoms with Gasteiger partial charge in [0.05, 0.1) is 6.10 Å². The number of aliphatic hydroxyl groups is 1. The molecule has 1 N–H and O–H groups in total. The second-order valence-electron chi connectivity index (χ2n) is 6.36. The van der Waals surface area contributed by atoms with E-state index in [2.05, 4.69) is 13.8 Å². The molecule has 0 heterocycles. The Morgan fingerprint density at radius 2 is 1.62 bits per heavy atom. The van der Waals surface area contributed by atoms with Gasteiger partial charge in [0.1, 0.15) is 0 Å². The van der Waals surface area contributed by atoms with Gasteiger partial charge in [0.25, 0.3) is 0 Å². The highest BCUT2D eigenvalue weighted by molar-refractivity contribution is 4.85. The van der Waals surface area contributed by atoms with Crippen LogP contribution in [0, 0.1) is 23.7 Å². The van der Waals surface area contributed by atoms with Crippen molar-refractivity contribution in [3.05, 3.63) is 0 Å². The Balaban J connectivity index is 1.79. The molecule has 2 aliphatic carbocycles. The van der Waals surface area contributed by atoms with Crippen LogP contribution in [0.1, 0.15) is 65.2 Å². The Labute approximate surface area is 101 Å². The molecule has 2 rings (SSSR count). The average Bonchev–Trinajstić information content (AvgIpc) is 2.75. The van der Waals surface area contributed by atoms with Crippen LogP contribution in [0.5, 0.6) is 0 Å². The molecule has 1 heteroatoms. The molecule has 2 saturated carbocycles. The van der Waals surface area contributed by atoms with Gasteiger partial charge in [0, 0.05) is 0 Å². The lowest BCUT2D eigenvalue weighted by Crippen LogP contribution is -2.31. The topological polar surface area (TPSA) is 20.2 Å². The van der Waals surface area contributed by atoms with E-state index in [0.717, 1.165) is 11.8 Å². The van der Waals surface area contributed by atoms with Crippen LogP contribution in [-0.4, -0.2) is 11.2 Å². The van der Waals surface area contributed by atoms with Crippen molar-refractivity contribution in [1.29, 1.82) is 0 Å². The summed E-state index contributed by atoms with van der Waals surface area (Å²) < 4.78 is 0. The Hall–Kier alpha value is -0.0400. The lowest BCUT2D eigenvalue weighted by molar-refractivity contribution is 0.0266. The van der Waals surface area contributed by atoms with Crippen molar-refractivity contribution in [3.63, 3.8) is 0 Å². The van der Waals surface area contributed by atoms with Crippen LogP contribution in [0.4, 0.5) is 0 Å². The summed E-state index contributed by atoms with van der Waals surface area (Å²) in [6.45, 7) is 4.64. The van der Waals surface area contributed by atoms with Crippen LogP contribution in [0.25, 0.3) is 0 Å². The van der Waals surface area contributed by atoms with Gasteiger partial charge in [-0.05, 0) is 49.4 Å². The molecule has 2 fully saturated rings. The van der Waals surface area contributed by atoms with Crippen molar-refractivity contribution in [2.45, 2.75) is 71.3 Å². The molecule has 16 heavy (non-hydrogen) atoms. The predicted octanol–water partition coefficient (Wildman–Crippen LogP) is 4.00. The molecule has 0 saturated heterocycles. The zero-order valence-corrected chi connectivity index (χ0v) is 11.0. The second-order valence-corrected chi connectivity index (χ2v) is 6.36. The minimum atomic E-state index is 0.0164. The molecule has 0 aromatic heterocycles. The van der Waals surface area contributed by atoms with E-state index in [-0.39, 0.29) is 6.10 Å². The summed E-state index contributed by atoms with van der Waals surface area (Å²) in [7, 11) is 0. The molecule has 3 unspecified atom stereocenters. The number of rotatable bonds is 3. The normalized spacial score (nSPS) is 42.2. The molecule has 0 bridgehead atoms. The van der Waals surface area contributed by atoms with E-state index in [1.165, 1.54) is 51.4 Å². The first-order valence-electron chi connectivity index (χ1n) is 7.38. The molecule has 0 aromatic rings. The molecule has 0 amide bonds. The van der Waals surface area contributed by atoms with Gasteiger partial charge < -0.3 is 5.11 Å². The van der Waals surface area contributed by atoms with Crippen LogP contribution in [0.2, 0.25) is 0 Å². The molecule has 3 atom stereocenters. The lowest BCUT2D eigenvalue weighted by atomic mass is 9.75. The first-order chi connectivity index (χ1) is 7.70. The Kier molecular flexibility index (Phi) is 4.29. The summed E-state index contributed by atoms with van der Waals surface area (Å²) in [5.41, 5.74) is 0. The highest BCUT2D eigenvalue weighted by Crippen LogP contribution is 2.40. The third-order valence-corrected chi connectivity index (χ3v) is 5.17. The van der Waals surface area contributed by atoms with Crippen LogP contribution in [0.3, 0.4) is 0 Å². The number of hydrogen-bond acceptors (Lipinski definition) is 1. The van der Waals surface area contributed by atoms with Crippen molar-refractivity contribution in [2.24, 2.45) is 23.7 Å². The summed E-state index contributed by atoms with van der Waals surface area (Å²) >= 11 is 0. The average molecular weight is 224 g/mol. The van der Waals surface area contributed by atoms with E-state index in [4.69, 9.17) is 0 Å². The lowest BCUT2D eigenvalue weighted by Gasteiger charge is -2.33. The monoisotopic (exact) mass is 224 g/mol. The van der Waals surface area contributed by atoms with E-state index in [9.17, 15) is 5.11 Å². The maximum Gasteiger partial charge on any atom is 0.0596 e. The van der Waals surface area contributed by atoms with Gasteiger partial charge in [-0.15, -0.1) is 0 Å². The molecule has 0 spiro atoms. The smallest absolute Gasteiger partial charge is 0.0596 e. The van der Waals surface area contributed by atoms with Gasteiger partial charge in [-0.1, -0.05) is 39.5 Å². The molecule has 94 valence electrons. The fraction of sp³-hybridized carbons (Fsp3) is 1.00. The van der Waals surface area contributed by atoms with E-state index in [1.54, 1.807) is 0 Å². The van der Waals surface area contributed by atoms with Gasteiger partial charge in [-0.2, -0.15) is 0 Å². The summed E-state index contributed by atoms with van der Waals surface area (Å²) in [4.78, 5) is 0. The van der Waals surface area contributed by atoms with Crippen LogP contribution in [-0.2, 0) is 0 Å². The Bertz CT molecular complexity index is 205. The standard InChI is InChI=1S/C15H28O/c1-3-12-5-8-13(9-6-12)15(16)14-7-4-11(2)10-14/h11-16H,3-10H2,1-2H3. The van der Waals surface area contributed by atoms with Crippen molar-refractivity contribution in [3.8, 4) is 0 Å². The van der Waals surface area contributed by atoms with E-state index < -0.39 is 0 Å². The molecule has 1 nitrogen and oxygen atoms in total. The molecular weight excluding hydrogens is 196 g/mol. The second kappa shape index (κ2) is 5.53. The Morgan fingerprint density at radius 1 is 1.00 bits per heavy atom. The maximum atomic E-state index is 10.5. The summed E-state index contributed by atoms with van der Waals surface area (Å²) in [5, 5.41) is 10.5. The molecule has 0 aliphatic heterocycles. The van der Waals surface area contributed by atoms with E-state index in [0.29, 0.717) is 11.8 Å². The zero-order chi connectivity index (χ0) is 11.5. The van der Waals surface area contributed by atoms with E-state index in [1.807, 2.05) is 0 Å². The summed E-state index contributed by atoms with van der Waals surface area (Å²) in [5.74, 6) is 3.05. The highest BCUT2D eigenvalue weighted by Gasteiger charge is 2.34. The van der Waals surface area contributed by atoms with Gasteiger partial charge in [0.15, 0.2) is 0 Å². The largest absolute Gasteiger partial charge is 0.393 e. The summed E-state index contributed by atoms with van der Waals surface area (Å²) in [6.07, 6.45) is 10.5. The fourth-order valence-corrected chi connectivity index (χ4v) is 3.88. The van der Waals surface area contributed by atoms with Gasteiger partial charge >= 0.3 is 0 Å². The van der Waals surface area contributed by atoms with Crippen molar-refractivity contribution in [2.75, 3.05) is 0 Å². The van der Waals surface area contributed by atoms with Gasteiger partial charge in [0.2, 0.25) is 0 Å². The number of hydrogen-bond donors (Lipinski definition) is 1.